The van der Waals surface area contributed by atoms with Gasteiger partial charge in [0.1, 0.15) is 5.60 Å². The molecule has 3 atom stereocenters. The fourth-order valence-corrected chi connectivity index (χ4v) is 3.49. The number of azo groups is 1. The van der Waals surface area contributed by atoms with Gasteiger partial charge in [-0.1, -0.05) is 6.92 Å². The molecule has 0 saturated heterocycles. The molecule has 0 aromatic rings. The van der Waals surface area contributed by atoms with Crippen molar-refractivity contribution in [1.29, 1.82) is 0 Å². The predicted molar refractivity (Wildman–Crippen MR) is 88.6 cm³/mol. The summed E-state index contributed by atoms with van der Waals surface area (Å²) in [5, 5.41) is 14.4. The third-order valence-corrected chi connectivity index (χ3v) is 4.45. The monoisotopic (exact) mass is 332 g/mol. The lowest BCUT2D eigenvalue weighted by molar-refractivity contribution is -0.118. The molecule has 24 heavy (non-hydrogen) atoms. The number of nitrogens with one attached hydrogen (secondary N) is 2. The largest absolute Gasteiger partial charge is 0.444 e. The average Bonchev–Trinajstić information content (AvgIpc) is 2.67. The summed E-state index contributed by atoms with van der Waals surface area (Å²) >= 11 is 0. The van der Waals surface area contributed by atoms with Crippen LogP contribution in [0.3, 0.4) is 0 Å². The highest BCUT2D eigenvalue weighted by molar-refractivity contribution is 6.03. The second-order valence-corrected chi connectivity index (χ2v) is 7.33. The Labute approximate surface area is 141 Å². The van der Waals surface area contributed by atoms with Crippen LogP contribution in [0.4, 0.5) is 4.79 Å². The molecule has 0 spiro atoms. The van der Waals surface area contributed by atoms with E-state index in [2.05, 4.69) is 27.8 Å². The van der Waals surface area contributed by atoms with E-state index in [9.17, 15) is 9.59 Å². The van der Waals surface area contributed by atoms with Crippen molar-refractivity contribution in [2.24, 2.45) is 16.1 Å². The Hall–Kier alpha value is -2.02. The molecule has 2 heterocycles. The van der Waals surface area contributed by atoms with Gasteiger partial charge in [-0.05, 0) is 44.4 Å². The van der Waals surface area contributed by atoms with Crippen molar-refractivity contribution >= 4 is 11.9 Å². The van der Waals surface area contributed by atoms with E-state index >= 15 is 0 Å². The average molecular weight is 332 g/mol. The fourth-order valence-electron chi connectivity index (χ4n) is 3.49. The zero-order valence-electron chi connectivity index (χ0n) is 14.5. The summed E-state index contributed by atoms with van der Waals surface area (Å²) < 4.78 is 5.25. The van der Waals surface area contributed by atoms with Crippen LogP contribution in [0.25, 0.3) is 0 Å². The van der Waals surface area contributed by atoms with Gasteiger partial charge < -0.3 is 10.1 Å². The summed E-state index contributed by atoms with van der Waals surface area (Å²) in [5.74, 6) is -0.473. The molecule has 0 aromatic heterocycles. The zero-order chi connectivity index (χ0) is 17.5. The first-order valence-electron chi connectivity index (χ1n) is 8.38. The molecule has 2 aliphatic heterocycles. The molecule has 3 unspecified atom stereocenters. The van der Waals surface area contributed by atoms with Crippen molar-refractivity contribution in [3.05, 3.63) is 22.9 Å². The second kappa shape index (κ2) is 6.12. The molecule has 7 nitrogen and oxygen atoms in total. The number of ether oxygens (including phenoxy) is 1. The first kappa shape index (κ1) is 16.8. The first-order chi connectivity index (χ1) is 11.3. The summed E-state index contributed by atoms with van der Waals surface area (Å²) in [7, 11) is 0. The number of allylic oxidation sites excluding steroid dienone is 1. The summed E-state index contributed by atoms with van der Waals surface area (Å²) in [5.41, 5.74) is 1.93. The number of alkyl carbamates (subject to hydrolysis) is 1. The maximum absolute atomic E-state index is 12.8. The molecule has 7 heteroatoms. The number of rotatable bonds is 2. The third-order valence-electron chi connectivity index (χ3n) is 4.45. The number of hydrogen-bond acceptors (Lipinski definition) is 6. The third kappa shape index (κ3) is 3.13. The Morgan fingerprint density at radius 1 is 1.42 bits per heavy atom. The molecule has 0 aromatic carbocycles. The Morgan fingerprint density at radius 2 is 2.17 bits per heavy atom. The Balaban J connectivity index is 1.87. The van der Waals surface area contributed by atoms with Crippen LogP contribution in [0.1, 0.15) is 34.1 Å². The Morgan fingerprint density at radius 3 is 2.83 bits per heavy atom. The van der Waals surface area contributed by atoms with Gasteiger partial charge in [0.2, 0.25) is 0 Å². The minimum absolute atomic E-state index is 0.0545. The highest BCUT2D eigenvalue weighted by Crippen LogP contribution is 2.37. The Kier molecular flexibility index (Phi) is 4.29. The van der Waals surface area contributed by atoms with Gasteiger partial charge in [0.25, 0.3) is 0 Å². The van der Waals surface area contributed by atoms with Crippen molar-refractivity contribution in [3.63, 3.8) is 0 Å². The number of amides is 1. The highest BCUT2D eigenvalue weighted by atomic mass is 16.6. The number of carbonyl (C=O) groups excluding carboxylic acids is 2. The number of carbonyl (C=O) groups is 2. The topological polar surface area (TPSA) is 92.2 Å². The molecule has 1 amide bonds. The highest BCUT2D eigenvalue weighted by Gasteiger charge is 2.43. The number of ketones is 1. The van der Waals surface area contributed by atoms with E-state index in [1.165, 1.54) is 5.57 Å². The molecule has 1 aliphatic carbocycles. The predicted octanol–water partition coefficient (Wildman–Crippen LogP) is 2.11. The number of nitrogens with zero attached hydrogens (tertiary/aromatic N) is 2. The standard InChI is InChI=1S/C17H24N4O3/c1-5-11-9-7-18-19-8-10-14(9)12(20-11)6-13(15(10)22)21-16(23)24-17(2,3)4/h6,10-12,20H,5,7-8H2,1-4H3,(H,21,23). The molecule has 130 valence electrons. The molecule has 0 saturated carbocycles. The van der Waals surface area contributed by atoms with Gasteiger partial charge in [0, 0.05) is 6.04 Å². The molecule has 3 aliphatic rings. The van der Waals surface area contributed by atoms with Crippen molar-refractivity contribution in [1.82, 2.24) is 10.6 Å². The van der Waals surface area contributed by atoms with Crippen LogP contribution in [-0.4, -0.2) is 42.7 Å². The second-order valence-electron chi connectivity index (χ2n) is 7.33. The van der Waals surface area contributed by atoms with Crippen LogP contribution in [0.5, 0.6) is 0 Å². The molecular weight excluding hydrogens is 308 g/mol. The molecule has 0 fully saturated rings. The van der Waals surface area contributed by atoms with E-state index in [4.69, 9.17) is 4.74 Å². The van der Waals surface area contributed by atoms with E-state index in [0.29, 0.717) is 13.1 Å². The van der Waals surface area contributed by atoms with E-state index in [-0.39, 0.29) is 29.5 Å². The molecule has 0 radical (unpaired) electrons. The van der Waals surface area contributed by atoms with E-state index in [1.807, 2.05) is 0 Å². The molecule has 2 N–H and O–H groups in total. The molecular formula is C17H24N4O3. The number of Topliss-reactive ketones (excluding diaryl/α,β-unsaturated/α-hetero) is 1. The van der Waals surface area contributed by atoms with Gasteiger partial charge >= 0.3 is 6.09 Å². The fraction of sp³-hybridized carbons (Fsp3) is 0.647. The van der Waals surface area contributed by atoms with Crippen molar-refractivity contribution in [2.75, 3.05) is 13.1 Å². The normalized spacial score (nSPS) is 29.1. The van der Waals surface area contributed by atoms with Crippen LogP contribution in [-0.2, 0) is 9.53 Å². The first-order valence-corrected chi connectivity index (χ1v) is 8.38. The van der Waals surface area contributed by atoms with Crippen LogP contribution in [0, 0.1) is 5.92 Å². The van der Waals surface area contributed by atoms with E-state index < -0.39 is 11.7 Å². The number of hydrogen-bond donors (Lipinski definition) is 2. The van der Waals surface area contributed by atoms with Crippen LogP contribution >= 0.6 is 0 Å². The van der Waals surface area contributed by atoms with E-state index in [1.54, 1.807) is 26.8 Å². The van der Waals surface area contributed by atoms with Gasteiger partial charge in [-0.3, -0.25) is 10.1 Å². The van der Waals surface area contributed by atoms with Gasteiger partial charge in [0.05, 0.1) is 30.7 Å². The van der Waals surface area contributed by atoms with Gasteiger partial charge in [-0.15, -0.1) is 0 Å². The summed E-state index contributed by atoms with van der Waals surface area (Å²) in [6.07, 6.45) is 2.10. The van der Waals surface area contributed by atoms with Crippen LogP contribution in [0.2, 0.25) is 0 Å². The molecule has 0 bridgehead atoms. The van der Waals surface area contributed by atoms with Crippen molar-refractivity contribution in [2.45, 2.75) is 51.8 Å². The molecule has 3 rings (SSSR count). The maximum Gasteiger partial charge on any atom is 0.412 e. The summed E-state index contributed by atoms with van der Waals surface area (Å²) in [4.78, 5) is 24.9. The minimum atomic E-state index is -0.616. The lowest BCUT2D eigenvalue weighted by Gasteiger charge is -2.28. The van der Waals surface area contributed by atoms with Gasteiger partial charge in [0.15, 0.2) is 5.78 Å². The van der Waals surface area contributed by atoms with Crippen molar-refractivity contribution in [3.8, 4) is 0 Å². The van der Waals surface area contributed by atoms with Crippen LogP contribution in [0.15, 0.2) is 33.1 Å². The smallest absolute Gasteiger partial charge is 0.412 e. The van der Waals surface area contributed by atoms with Gasteiger partial charge in [-0.25, -0.2) is 4.79 Å². The van der Waals surface area contributed by atoms with E-state index in [0.717, 1.165) is 12.0 Å². The van der Waals surface area contributed by atoms with Crippen LogP contribution < -0.4 is 10.6 Å². The quantitative estimate of drug-likeness (QED) is 0.758. The van der Waals surface area contributed by atoms with Gasteiger partial charge in [-0.2, -0.15) is 10.2 Å². The summed E-state index contributed by atoms with van der Waals surface area (Å²) in [6, 6.07) is 0.149. The summed E-state index contributed by atoms with van der Waals surface area (Å²) in [6.45, 7) is 8.33. The minimum Gasteiger partial charge on any atom is -0.444 e. The lowest BCUT2D eigenvalue weighted by Crippen LogP contribution is -2.43. The lowest BCUT2D eigenvalue weighted by atomic mass is 9.81. The SMILES string of the molecule is CCC1NC2C=C(NC(=O)OC(C)(C)C)C(=O)C3CN=NCC1=C23. The van der Waals surface area contributed by atoms with Crippen molar-refractivity contribution < 1.29 is 14.3 Å². The Bertz CT molecular complexity index is 657. The zero-order valence-corrected chi connectivity index (χ0v) is 14.5. The maximum atomic E-state index is 12.8.